The van der Waals surface area contributed by atoms with E-state index in [0.29, 0.717) is 35.3 Å². The molecule has 1 atom stereocenters. The van der Waals surface area contributed by atoms with Crippen LogP contribution in [0.3, 0.4) is 0 Å². The number of hydrogen-bond acceptors (Lipinski definition) is 3. The molecule has 130 valence electrons. The van der Waals surface area contributed by atoms with Crippen LogP contribution >= 0.6 is 0 Å². The van der Waals surface area contributed by atoms with Gasteiger partial charge in [0, 0.05) is 19.1 Å². The third-order valence-electron chi connectivity index (χ3n) is 4.13. The zero-order chi connectivity index (χ0) is 18.2. The Bertz CT molecular complexity index is 691. The molecule has 1 aromatic carbocycles. The van der Waals surface area contributed by atoms with E-state index in [0.717, 1.165) is 0 Å². The average Bonchev–Trinajstić information content (AvgIpc) is 2.73. The Kier molecular flexibility index (Phi) is 4.71. The van der Waals surface area contributed by atoms with Crippen LogP contribution in [0.2, 0.25) is 0 Å². The lowest BCUT2D eigenvalue weighted by molar-refractivity contribution is 0.0816. The molecule has 1 aromatic rings. The molecule has 1 heterocycles. The highest BCUT2D eigenvalue weighted by molar-refractivity contribution is 6.07. The molecule has 0 radical (unpaired) electrons. The summed E-state index contributed by atoms with van der Waals surface area (Å²) in [5.41, 5.74) is 1.34. The van der Waals surface area contributed by atoms with Crippen molar-refractivity contribution in [3.8, 4) is 0 Å². The van der Waals surface area contributed by atoms with Gasteiger partial charge in [0.05, 0.1) is 17.4 Å². The zero-order valence-corrected chi connectivity index (χ0v) is 14.5. The molecule has 0 aromatic heterocycles. The van der Waals surface area contributed by atoms with Crippen molar-refractivity contribution in [1.82, 2.24) is 4.90 Å². The molecule has 0 fully saturated rings. The summed E-state index contributed by atoms with van der Waals surface area (Å²) in [5.74, 6) is -0.233. The summed E-state index contributed by atoms with van der Waals surface area (Å²) in [6.07, 6.45) is 0.0967. The standard InChI is InChI=1S/C18H24N2O4/c1-6-7-14(21)11-8-9-13(20(17(23)24)18(2,3)4)15-12(11)10-19(5)16(15)22/h6,8-9,14,21H,1,7,10H2,2-5H3,(H,23,24). The number of carboxylic acid groups (broad SMARTS) is 1. The van der Waals surface area contributed by atoms with Crippen LogP contribution in [0.4, 0.5) is 10.5 Å². The Labute approximate surface area is 142 Å². The Morgan fingerprint density at radius 1 is 1.46 bits per heavy atom. The molecule has 1 aliphatic heterocycles. The van der Waals surface area contributed by atoms with Crippen molar-refractivity contribution in [3.05, 3.63) is 41.5 Å². The monoisotopic (exact) mass is 332 g/mol. The maximum absolute atomic E-state index is 12.6. The van der Waals surface area contributed by atoms with Gasteiger partial charge in [-0.15, -0.1) is 6.58 Å². The van der Waals surface area contributed by atoms with E-state index in [1.807, 2.05) is 0 Å². The molecule has 0 saturated carbocycles. The summed E-state index contributed by atoms with van der Waals surface area (Å²) in [4.78, 5) is 27.1. The van der Waals surface area contributed by atoms with Gasteiger partial charge in [-0.05, 0) is 44.4 Å². The van der Waals surface area contributed by atoms with Crippen LogP contribution in [-0.4, -0.2) is 39.7 Å². The number of carbonyl (C=O) groups excluding carboxylic acids is 1. The molecule has 1 unspecified atom stereocenters. The predicted molar refractivity (Wildman–Crippen MR) is 92.3 cm³/mol. The minimum Gasteiger partial charge on any atom is -0.465 e. The van der Waals surface area contributed by atoms with Crippen molar-refractivity contribution in [2.45, 2.75) is 45.4 Å². The van der Waals surface area contributed by atoms with Gasteiger partial charge in [0.15, 0.2) is 0 Å². The quantitative estimate of drug-likeness (QED) is 0.830. The van der Waals surface area contributed by atoms with Crippen LogP contribution in [0.1, 0.15) is 54.8 Å². The number of aliphatic hydroxyl groups excluding tert-OH is 1. The van der Waals surface area contributed by atoms with E-state index in [2.05, 4.69) is 6.58 Å². The molecular weight excluding hydrogens is 308 g/mol. The van der Waals surface area contributed by atoms with Gasteiger partial charge < -0.3 is 15.1 Å². The maximum atomic E-state index is 12.6. The normalized spacial score (nSPS) is 15.2. The van der Waals surface area contributed by atoms with Crippen LogP contribution in [0.5, 0.6) is 0 Å². The Balaban J connectivity index is 2.69. The lowest BCUT2D eigenvalue weighted by Gasteiger charge is -2.34. The number of hydrogen-bond donors (Lipinski definition) is 2. The molecule has 2 N–H and O–H groups in total. The molecule has 0 aliphatic carbocycles. The van der Waals surface area contributed by atoms with Crippen LogP contribution in [0.25, 0.3) is 0 Å². The van der Waals surface area contributed by atoms with Crippen molar-refractivity contribution in [2.75, 3.05) is 11.9 Å². The fourth-order valence-electron chi connectivity index (χ4n) is 3.10. The van der Waals surface area contributed by atoms with Gasteiger partial charge in [-0.1, -0.05) is 12.1 Å². The molecule has 0 spiro atoms. The second-order valence-electron chi connectivity index (χ2n) is 7.02. The summed E-state index contributed by atoms with van der Waals surface area (Å²) < 4.78 is 0. The molecule has 24 heavy (non-hydrogen) atoms. The van der Waals surface area contributed by atoms with Gasteiger partial charge in [-0.2, -0.15) is 0 Å². The number of anilines is 1. The molecule has 2 amide bonds. The van der Waals surface area contributed by atoms with Gasteiger partial charge in [0.1, 0.15) is 0 Å². The summed E-state index contributed by atoms with van der Waals surface area (Å²) in [7, 11) is 1.66. The number of nitrogens with zero attached hydrogens (tertiary/aromatic N) is 2. The first-order valence-corrected chi connectivity index (χ1v) is 7.83. The second kappa shape index (κ2) is 6.28. The fraction of sp³-hybridized carbons (Fsp3) is 0.444. The predicted octanol–water partition coefficient (Wildman–Crippen LogP) is 3.16. The van der Waals surface area contributed by atoms with Crippen molar-refractivity contribution < 1.29 is 19.8 Å². The topological polar surface area (TPSA) is 81.1 Å². The maximum Gasteiger partial charge on any atom is 0.412 e. The first-order valence-electron chi connectivity index (χ1n) is 7.83. The molecule has 6 heteroatoms. The highest BCUT2D eigenvalue weighted by atomic mass is 16.4. The van der Waals surface area contributed by atoms with Gasteiger partial charge >= 0.3 is 6.09 Å². The average molecular weight is 332 g/mol. The largest absolute Gasteiger partial charge is 0.465 e. The number of rotatable bonds is 4. The summed E-state index contributed by atoms with van der Waals surface area (Å²) in [5, 5.41) is 20.0. The third-order valence-corrected chi connectivity index (χ3v) is 4.13. The Hall–Kier alpha value is -2.34. The zero-order valence-electron chi connectivity index (χ0n) is 14.5. The lowest BCUT2D eigenvalue weighted by atomic mass is 9.94. The number of amides is 2. The van der Waals surface area contributed by atoms with E-state index in [4.69, 9.17) is 0 Å². The highest BCUT2D eigenvalue weighted by Gasteiger charge is 2.37. The number of carbonyl (C=O) groups is 2. The summed E-state index contributed by atoms with van der Waals surface area (Å²) >= 11 is 0. The minimum absolute atomic E-state index is 0.233. The molecule has 2 rings (SSSR count). The van der Waals surface area contributed by atoms with Crippen LogP contribution < -0.4 is 4.90 Å². The Morgan fingerprint density at radius 3 is 2.58 bits per heavy atom. The number of benzene rings is 1. The Morgan fingerprint density at radius 2 is 2.08 bits per heavy atom. The van der Waals surface area contributed by atoms with Crippen LogP contribution in [0.15, 0.2) is 24.8 Å². The SMILES string of the molecule is C=CCC(O)c1ccc(N(C(=O)O)C(C)(C)C)c2c1CN(C)C2=O. The highest BCUT2D eigenvalue weighted by Crippen LogP contribution is 2.38. The molecule has 1 aliphatic rings. The minimum atomic E-state index is -1.12. The van der Waals surface area contributed by atoms with E-state index in [1.54, 1.807) is 46.0 Å². The molecule has 6 nitrogen and oxygen atoms in total. The van der Waals surface area contributed by atoms with Crippen LogP contribution in [-0.2, 0) is 6.54 Å². The van der Waals surface area contributed by atoms with Gasteiger partial charge in [0.2, 0.25) is 0 Å². The number of aliphatic hydroxyl groups is 1. The summed E-state index contributed by atoms with van der Waals surface area (Å²) in [6, 6.07) is 3.31. The first kappa shape index (κ1) is 18.0. The lowest BCUT2D eigenvalue weighted by Crippen LogP contribution is -2.46. The van der Waals surface area contributed by atoms with Crippen molar-refractivity contribution >= 4 is 17.7 Å². The third kappa shape index (κ3) is 3.01. The van der Waals surface area contributed by atoms with Crippen molar-refractivity contribution in [1.29, 1.82) is 0 Å². The smallest absolute Gasteiger partial charge is 0.412 e. The van der Waals surface area contributed by atoms with Gasteiger partial charge in [0.25, 0.3) is 5.91 Å². The van der Waals surface area contributed by atoms with E-state index in [9.17, 15) is 19.8 Å². The van der Waals surface area contributed by atoms with E-state index >= 15 is 0 Å². The van der Waals surface area contributed by atoms with Crippen LogP contribution in [0, 0.1) is 0 Å². The van der Waals surface area contributed by atoms with E-state index in [1.165, 1.54) is 9.80 Å². The molecule has 0 saturated heterocycles. The first-order chi connectivity index (χ1) is 11.1. The van der Waals surface area contributed by atoms with E-state index < -0.39 is 17.7 Å². The number of fused-ring (bicyclic) bond motifs is 1. The van der Waals surface area contributed by atoms with E-state index in [-0.39, 0.29) is 5.91 Å². The van der Waals surface area contributed by atoms with Gasteiger partial charge in [-0.3, -0.25) is 9.69 Å². The fourth-order valence-corrected chi connectivity index (χ4v) is 3.10. The van der Waals surface area contributed by atoms with Crippen molar-refractivity contribution in [2.24, 2.45) is 0 Å². The molecular formula is C18H24N2O4. The summed E-state index contributed by atoms with van der Waals surface area (Å²) in [6.45, 7) is 9.30. The molecule has 0 bridgehead atoms. The van der Waals surface area contributed by atoms with Crippen molar-refractivity contribution in [3.63, 3.8) is 0 Å². The van der Waals surface area contributed by atoms with Gasteiger partial charge in [-0.25, -0.2) is 4.79 Å². The second-order valence-corrected chi connectivity index (χ2v) is 7.02.